The fraction of sp³-hybridized carbons (Fsp3) is 0.333. The third-order valence-corrected chi connectivity index (χ3v) is 3.00. The lowest BCUT2D eigenvalue weighted by Crippen LogP contribution is -2.21. The van der Waals surface area contributed by atoms with Crippen LogP contribution in [0.3, 0.4) is 0 Å². The van der Waals surface area contributed by atoms with Crippen LogP contribution >= 0.6 is 0 Å². The first-order valence-corrected chi connectivity index (χ1v) is 6.71. The van der Waals surface area contributed by atoms with Crippen LogP contribution < -0.4 is 10.5 Å². The van der Waals surface area contributed by atoms with Gasteiger partial charge < -0.3 is 15.4 Å². The van der Waals surface area contributed by atoms with Gasteiger partial charge in [0.2, 0.25) is 0 Å². The molecular formula is C15H20N4O2. The van der Waals surface area contributed by atoms with Crippen LogP contribution in [0, 0.1) is 0 Å². The molecule has 1 aromatic heterocycles. The molecule has 2 rings (SSSR count). The SMILES string of the molecule is CC(C)n1cc(Oc2ccc(C(=O)N(C)C)cc2N)cn1. The second-order valence-electron chi connectivity index (χ2n) is 5.30. The van der Waals surface area contributed by atoms with E-state index in [1.807, 2.05) is 20.0 Å². The third kappa shape index (κ3) is 3.34. The Balaban J connectivity index is 2.19. The van der Waals surface area contributed by atoms with Crippen LogP contribution in [0.4, 0.5) is 5.69 Å². The molecule has 1 aromatic carbocycles. The summed E-state index contributed by atoms with van der Waals surface area (Å²) in [6, 6.07) is 5.27. The summed E-state index contributed by atoms with van der Waals surface area (Å²) >= 11 is 0. The molecule has 0 aliphatic rings. The predicted molar refractivity (Wildman–Crippen MR) is 81.6 cm³/mol. The summed E-state index contributed by atoms with van der Waals surface area (Å²) in [7, 11) is 3.40. The number of benzene rings is 1. The maximum atomic E-state index is 11.9. The molecular weight excluding hydrogens is 268 g/mol. The third-order valence-electron chi connectivity index (χ3n) is 3.00. The first-order valence-electron chi connectivity index (χ1n) is 6.71. The fourth-order valence-electron chi connectivity index (χ4n) is 1.82. The maximum absolute atomic E-state index is 11.9. The number of rotatable bonds is 4. The molecule has 0 aliphatic heterocycles. The maximum Gasteiger partial charge on any atom is 0.253 e. The van der Waals surface area contributed by atoms with Gasteiger partial charge in [-0.25, -0.2) is 0 Å². The number of hydrogen-bond donors (Lipinski definition) is 1. The van der Waals surface area contributed by atoms with Crippen molar-refractivity contribution in [3.8, 4) is 11.5 Å². The molecule has 0 saturated heterocycles. The molecule has 112 valence electrons. The Morgan fingerprint density at radius 3 is 2.62 bits per heavy atom. The van der Waals surface area contributed by atoms with E-state index in [0.717, 1.165) is 0 Å². The molecule has 6 nitrogen and oxygen atoms in total. The first kappa shape index (κ1) is 14.9. The molecule has 2 aromatic rings. The van der Waals surface area contributed by atoms with Crippen LogP contribution in [0.15, 0.2) is 30.6 Å². The monoisotopic (exact) mass is 288 g/mol. The van der Waals surface area contributed by atoms with Crippen molar-refractivity contribution < 1.29 is 9.53 Å². The van der Waals surface area contributed by atoms with Crippen molar-refractivity contribution in [1.82, 2.24) is 14.7 Å². The number of carbonyl (C=O) groups is 1. The Morgan fingerprint density at radius 1 is 1.38 bits per heavy atom. The van der Waals surface area contributed by atoms with Crippen LogP contribution in [0.25, 0.3) is 0 Å². The lowest BCUT2D eigenvalue weighted by molar-refractivity contribution is 0.0827. The lowest BCUT2D eigenvalue weighted by Gasteiger charge is -2.12. The standard InChI is InChI=1S/C15H20N4O2/c1-10(2)19-9-12(8-17-19)21-14-6-5-11(7-13(14)16)15(20)18(3)4/h5-10H,16H2,1-4H3. The highest BCUT2D eigenvalue weighted by Crippen LogP contribution is 2.28. The fourth-order valence-corrected chi connectivity index (χ4v) is 1.82. The Bertz CT molecular complexity index is 647. The van der Waals surface area contributed by atoms with E-state index in [9.17, 15) is 4.79 Å². The Labute approximate surface area is 124 Å². The van der Waals surface area contributed by atoms with E-state index in [1.54, 1.807) is 43.2 Å². The van der Waals surface area contributed by atoms with Gasteiger partial charge in [0.15, 0.2) is 11.5 Å². The van der Waals surface area contributed by atoms with Crippen LogP contribution in [-0.2, 0) is 0 Å². The Kier molecular flexibility index (Phi) is 4.16. The van der Waals surface area contributed by atoms with E-state index in [0.29, 0.717) is 22.7 Å². The van der Waals surface area contributed by atoms with Crippen molar-refractivity contribution in [1.29, 1.82) is 0 Å². The van der Waals surface area contributed by atoms with E-state index >= 15 is 0 Å². The average molecular weight is 288 g/mol. The normalized spacial score (nSPS) is 10.7. The van der Waals surface area contributed by atoms with Gasteiger partial charge in [0, 0.05) is 25.7 Å². The molecule has 0 aliphatic carbocycles. The number of aromatic nitrogens is 2. The number of hydrogen-bond acceptors (Lipinski definition) is 4. The second kappa shape index (κ2) is 5.87. The highest BCUT2D eigenvalue weighted by molar-refractivity contribution is 5.95. The van der Waals surface area contributed by atoms with Gasteiger partial charge in [0.05, 0.1) is 18.1 Å². The summed E-state index contributed by atoms with van der Waals surface area (Å²) in [5.41, 5.74) is 6.90. The van der Waals surface area contributed by atoms with Crippen LogP contribution in [-0.4, -0.2) is 34.7 Å². The molecule has 0 saturated carbocycles. The number of carbonyl (C=O) groups excluding carboxylic acids is 1. The van der Waals surface area contributed by atoms with Crippen LogP contribution in [0.5, 0.6) is 11.5 Å². The van der Waals surface area contributed by atoms with E-state index < -0.39 is 0 Å². The van der Waals surface area contributed by atoms with E-state index in [-0.39, 0.29) is 11.9 Å². The summed E-state index contributed by atoms with van der Waals surface area (Å²) in [6.07, 6.45) is 3.45. The van der Waals surface area contributed by atoms with Crippen molar-refractivity contribution in [2.45, 2.75) is 19.9 Å². The largest absolute Gasteiger partial charge is 0.452 e. The van der Waals surface area contributed by atoms with Crippen molar-refractivity contribution >= 4 is 11.6 Å². The molecule has 1 heterocycles. The smallest absolute Gasteiger partial charge is 0.253 e. The van der Waals surface area contributed by atoms with Crippen molar-refractivity contribution in [2.24, 2.45) is 0 Å². The van der Waals surface area contributed by atoms with E-state index in [2.05, 4.69) is 5.10 Å². The minimum atomic E-state index is -0.0964. The molecule has 0 fully saturated rings. The summed E-state index contributed by atoms with van der Waals surface area (Å²) in [5.74, 6) is 1.02. The number of ether oxygens (including phenoxy) is 1. The zero-order valence-electron chi connectivity index (χ0n) is 12.7. The van der Waals surface area contributed by atoms with E-state index in [1.165, 1.54) is 4.90 Å². The first-order chi connectivity index (χ1) is 9.88. The van der Waals surface area contributed by atoms with Gasteiger partial charge in [0.1, 0.15) is 0 Å². The molecule has 0 spiro atoms. The number of nitrogens with zero attached hydrogens (tertiary/aromatic N) is 3. The van der Waals surface area contributed by atoms with Gasteiger partial charge in [-0.3, -0.25) is 9.48 Å². The van der Waals surface area contributed by atoms with E-state index in [4.69, 9.17) is 10.5 Å². The number of amides is 1. The molecule has 0 atom stereocenters. The predicted octanol–water partition coefficient (Wildman–Crippen LogP) is 2.54. The zero-order valence-corrected chi connectivity index (χ0v) is 12.7. The molecule has 0 radical (unpaired) electrons. The lowest BCUT2D eigenvalue weighted by atomic mass is 10.1. The molecule has 1 amide bonds. The molecule has 6 heteroatoms. The second-order valence-corrected chi connectivity index (χ2v) is 5.30. The molecule has 2 N–H and O–H groups in total. The topological polar surface area (TPSA) is 73.4 Å². The van der Waals surface area contributed by atoms with Gasteiger partial charge in [-0.1, -0.05) is 0 Å². The quantitative estimate of drug-likeness (QED) is 0.877. The van der Waals surface area contributed by atoms with Crippen molar-refractivity contribution in [2.75, 3.05) is 19.8 Å². The summed E-state index contributed by atoms with van der Waals surface area (Å²) < 4.78 is 7.50. The summed E-state index contributed by atoms with van der Waals surface area (Å²) in [5, 5.41) is 4.20. The minimum Gasteiger partial charge on any atom is -0.452 e. The van der Waals surface area contributed by atoms with Gasteiger partial charge in [-0.15, -0.1) is 0 Å². The average Bonchev–Trinajstić information content (AvgIpc) is 2.89. The summed E-state index contributed by atoms with van der Waals surface area (Å²) in [6.45, 7) is 4.07. The minimum absolute atomic E-state index is 0.0964. The summed E-state index contributed by atoms with van der Waals surface area (Å²) in [4.78, 5) is 13.4. The van der Waals surface area contributed by atoms with Crippen molar-refractivity contribution in [3.63, 3.8) is 0 Å². The highest BCUT2D eigenvalue weighted by atomic mass is 16.5. The van der Waals surface area contributed by atoms with Gasteiger partial charge in [-0.05, 0) is 32.0 Å². The number of anilines is 1. The van der Waals surface area contributed by atoms with Crippen LogP contribution in [0.2, 0.25) is 0 Å². The molecule has 0 unspecified atom stereocenters. The molecule has 21 heavy (non-hydrogen) atoms. The Hall–Kier alpha value is -2.50. The number of nitrogen functional groups attached to an aromatic ring is 1. The van der Waals surface area contributed by atoms with Gasteiger partial charge >= 0.3 is 0 Å². The molecule has 0 bridgehead atoms. The van der Waals surface area contributed by atoms with Gasteiger partial charge in [0.25, 0.3) is 5.91 Å². The zero-order chi connectivity index (χ0) is 15.6. The number of nitrogens with two attached hydrogens (primary N) is 1. The van der Waals surface area contributed by atoms with Crippen LogP contribution in [0.1, 0.15) is 30.2 Å². The van der Waals surface area contributed by atoms with Gasteiger partial charge in [-0.2, -0.15) is 5.10 Å². The highest BCUT2D eigenvalue weighted by Gasteiger charge is 2.12. The van der Waals surface area contributed by atoms with Crippen molar-refractivity contribution in [3.05, 3.63) is 36.2 Å². The Morgan fingerprint density at radius 2 is 2.10 bits per heavy atom.